The highest BCUT2D eigenvalue weighted by molar-refractivity contribution is 6.04. The van der Waals surface area contributed by atoms with Crippen molar-refractivity contribution < 1.29 is 9.53 Å². The minimum absolute atomic E-state index is 0.172. The first-order chi connectivity index (χ1) is 12.6. The van der Waals surface area contributed by atoms with E-state index in [9.17, 15) is 9.59 Å². The molecule has 6 nitrogen and oxygen atoms in total. The van der Waals surface area contributed by atoms with Crippen molar-refractivity contribution in [1.82, 2.24) is 9.97 Å². The van der Waals surface area contributed by atoms with Crippen LogP contribution in [-0.4, -0.2) is 15.9 Å². The topological polar surface area (TPSA) is 84.1 Å². The number of carbonyl (C=O) groups is 1. The molecule has 0 fully saturated rings. The van der Waals surface area contributed by atoms with Gasteiger partial charge in [-0.2, -0.15) is 0 Å². The van der Waals surface area contributed by atoms with Gasteiger partial charge in [0.05, 0.1) is 13.2 Å². The van der Waals surface area contributed by atoms with Crippen LogP contribution < -0.4 is 10.9 Å². The van der Waals surface area contributed by atoms with Crippen molar-refractivity contribution in [2.45, 2.75) is 20.1 Å². The van der Waals surface area contributed by atoms with Crippen LogP contribution in [0, 0.1) is 6.92 Å². The van der Waals surface area contributed by atoms with Gasteiger partial charge < -0.3 is 15.0 Å². The summed E-state index contributed by atoms with van der Waals surface area (Å²) in [5.74, 6) is 0.334. The Morgan fingerprint density at radius 2 is 1.85 bits per heavy atom. The summed E-state index contributed by atoms with van der Waals surface area (Å²) in [6.07, 6.45) is 0. The van der Waals surface area contributed by atoms with Gasteiger partial charge in [0.25, 0.3) is 11.5 Å². The van der Waals surface area contributed by atoms with E-state index in [0.29, 0.717) is 36.0 Å². The molecular weight excluding hydrogens is 330 g/mol. The third-order valence-corrected chi connectivity index (χ3v) is 4.27. The van der Waals surface area contributed by atoms with Crippen LogP contribution in [0.25, 0.3) is 11.4 Å². The van der Waals surface area contributed by atoms with Gasteiger partial charge in [0.1, 0.15) is 5.82 Å². The maximum atomic E-state index is 12.4. The number of ether oxygens (including phenoxy) is 1. The van der Waals surface area contributed by atoms with Gasteiger partial charge in [-0.05, 0) is 54.4 Å². The number of nitrogens with one attached hydrogen (secondary N) is 2. The average molecular weight is 347 g/mol. The molecule has 3 aromatic rings. The highest BCUT2D eigenvalue weighted by atomic mass is 16.5. The molecule has 0 atom stereocenters. The zero-order valence-corrected chi connectivity index (χ0v) is 14.2. The number of aromatic amines is 1. The lowest BCUT2D eigenvalue weighted by Crippen LogP contribution is -2.12. The molecule has 0 saturated heterocycles. The number of amides is 1. The molecule has 2 heterocycles. The molecule has 0 bridgehead atoms. The molecule has 0 aliphatic carbocycles. The van der Waals surface area contributed by atoms with E-state index in [2.05, 4.69) is 15.3 Å². The molecule has 0 radical (unpaired) electrons. The van der Waals surface area contributed by atoms with Crippen molar-refractivity contribution in [3.63, 3.8) is 0 Å². The summed E-state index contributed by atoms with van der Waals surface area (Å²) in [7, 11) is 0. The maximum Gasteiger partial charge on any atom is 0.255 e. The van der Waals surface area contributed by atoms with Gasteiger partial charge in [-0.1, -0.05) is 6.07 Å². The molecule has 1 aliphatic heterocycles. The summed E-state index contributed by atoms with van der Waals surface area (Å²) in [5, 5.41) is 2.88. The summed E-state index contributed by atoms with van der Waals surface area (Å²) in [6.45, 7) is 2.93. The predicted molar refractivity (Wildman–Crippen MR) is 97.9 cm³/mol. The van der Waals surface area contributed by atoms with E-state index in [4.69, 9.17) is 4.74 Å². The molecule has 130 valence electrons. The Morgan fingerprint density at radius 1 is 1.08 bits per heavy atom. The lowest BCUT2D eigenvalue weighted by Gasteiger charge is -2.08. The number of aromatic nitrogens is 2. The van der Waals surface area contributed by atoms with Gasteiger partial charge in [-0.25, -0.2) is 4.98 Å². The summed E-state index contributed by atoms with van der Waals surface area (Å²) < 4.78 is 5.38. The Bertz CT molecular complexity index is 1040. The number of benzene rings is 2. The molecule has 2 aromatic carbocycles. The van der Waals surface area contributed by atoms with E-state index in [1.54, 1.807) is 25.1 Å². The fourth-order valence-corrected chi connectivity index (χ4v) is 2.94. The van der Waals surface area contributed by atoms with E-state index < -0.39 is 0 Å². The normalized spacial score (nSPS) is 12.7. The van der Waals surface area contributed by atoms with Crippen molar-refractivity contribution in [1.29, 1.82) is 0 Å². The zero-order valence-electron chi connectivity index (χ0n) is 14.2. The minimum atomic E-state index is -0.189. The average Bonchev–Trinajstić information content (AvgIpc) is 3.09. The van der Waals surface area contributed by atoms with Crippen LogP contribution >= 0.6 is 0 Å². The summed E-state index contributed by atoms with van der Waals surface area (Å²) >= 11 is 0. The number of carbonyl (C=O) groups excluding carboxylic acids is 1. The first-order valence-electron chi connectivity index (χ1n) is 8.28. The zero-order chi connectivity index (χ0) is 18.1. The van der Waals surface area contributed by atoms with E-state index in [0.717, 1.165) is 16.7 Å². The Balaban J connectivity index is 1.52. The van der Waals surface area contributed by atoms with Crippen molar-refractivity contribution in [2.24, 2.45) is 0 Å². The SMILES string of the molecule is Cc1cc(=O)[nH]c(-c2ccc(NC(=O)c3ccc4c(c3)COC4)cc2)n1. The van der Waals surface area contributed by atoms with Crippen LogP contribution in [0.4, 0.5) is 5.69 Å². The number of nitrogens with zero attached hydrogens (tertiary/aromatic N) is 1. The molecule has 1 amide bonds. The van der Waals surface area contributed by atoms with Crippen molar-refractivity contribution in [3.05, 3.63) is 81.3 Å². The number of rotatable bonds is 3. The number of H-pyrrole nitrogens is 1. The maximum absolute atomic E-state index is 12.4. The number of hydrogen-bond acceptors (Lipinski definition) is 4. The standard InChI is InChI=1S/C20H17N3O3/c1-12-8-18(24)23-19(21-12)13-4-6-17(7-5-13)22-20(25)14-2-3-15-10-26-11-16(15)9-14/h2-9H,10-11H2,1H3,(H,22,25)(H,21,23,24). The fraction of sp³-hybridized carbons (Fsp3) is 0.150. The van der Waals surface area contributed by atoms with E-state index in [-0.39, 0.29) is 11.5 Å². The summed E-state index contributed by atoms with van der Waals surface area (Å²) in [4.78, 5) is 31.0. The molecule has 1 aliphatic rings. The van der Waals surface area contributed by atoms with Crippen molar-refractivity contribution in [2.75, 3.05) is 5.32 Å². The van der Waals surface area contributed by atoms with Crippen LogP contribution in [-0.2, 0) is 18.0 Å². The molecule has 4 rings (SSSR count). The first kappa shape index (κ1) is 16.2. The van der Waals surface area contributed by atoms with Crippen LogP contribution in [0.5, 0.6) is 0 Å². The minimum Gasteiger partial charge on any atom is -0.372 e. The quantitative estimate of drug-likeness (QED) is 0.763. The smallest absolute Gasteiger partial charge is 0.255 e. The van der Waals surface area contributed by atoms with Crippen LogP contribution in [0.3, 0.4) is 0 Å². The number of anilines is 1. The van der Waals surface area contributed by atoms with Gasteiger partial charge in [0, 0.05) is 28.6 Å². The van der Waals surface area contributed by atoms with Crippen LogP contribution in [0.1, 0.15) is 27.2 Å². The Hall–Kier alpha value is -3.25. The van der Waals surface area contributed by atoms with Gasteiger partial charge in [0.15, 0.2) is 0 Å². The second-order valence-electron chi connectivity index (χ2n) is 6.24. The Morgan fingerprint density at radius 3 is 2.62 bits per heavy atom. The lowest BCUT2D eigenvalue weighted by atomic mass is 10.1. The molecule has 6 heteroatoms. The second kappa shape index (κ2) is 6.57. The second-order valence-corrected chi connectivity index (χ2v) is 6.24. The van der Waals surface area contributed by atoms with Gasteiger partial charge in [-0.3, -0.25) is 9.59 Å². The largest absolute Gasteiger partial charge is 0.372 e. The molecule has 0 unspecified atom stereocenters. The lowest BCUT2D eigenvalue weighted by molar-refractivity contribution is 0.102. The summed E-state index contributed by atoms with van der Waals surface area (Å²) in [6, 6.07) is 14.2. The molecule has 26 heavy (non-hydrogen) atoms. The fourth-order valence-electron chi connectivity index (χ4n) is 2.94. The molecule has 1 aromatic heterocycles. The third-order valence-electron chi connectivity index (χ3n) is 4.27. The molecule has 0 saturated carbocycles. The van der Waals surface area contributed by atoms with Gasteiger partial charge >= 0.3 is 0 Å². The third kappa shape index (κ3) is 3.27. The van der Waals surface area contributed by atoms with Gasteiger partial charge in [-0.15, -0.1) is 0 Å². The van der Waals surface area contributed by atoms with E-state index >= 15 is 0 Å². The monoisotopic (exact) mass is 347 g/mol. The Kier molecular flexibility index (Phi) is 4.10. The first-order valence-corrected chi connectivity index (χ1v) is 8.28. The number of fused-ring (bicyclic) bond motifs is 1. The molecule has 0 spiro atoms. The van der Waals surface area contributed by atoms with E-state index in [1.807, 2.05) is 24.3 Å². The number of aryl methyl sites for hydroxylation is 1. The summed E-state index contributed by atoms with van der Waals surface area (Å²) in [5.41, 5.74) is 4.70. The molecule has 2 N–H and O–H groups in total. The molecular formula is C20H17N3O3. The van der Waals surface area contributed by atoms with Gasteiger partial charge in [0.2, 0.25) is 0 Å². The Labute approximate surface area is 149 Å². The highest BCUT2D eigenvalue weighted by Crippen LogP contribution is 2.22. The van der Waals surface area contributed by atoms with E-state index in [1.165, 1.54) is 6.07 Å². The van der Waals surface area contributed by atoms with Crippen molar-refractivity contribution in [3.8, 4) is 11.4 Å². The van der Waals surface area contributed by atoms with Crippen LogP contribution in [0.15, 0.2) is 53.3 Å². The van der Waals surface area contributed by atoms with Crippen molar-refractivity contribution >= 4 is 11.6 Å². The predicted octanol–water partition coefficient (Wildman–Crippen LogP) is 3.03. The van der Waals surface area contributed by atoms with Crippen LogP contribution in [0.2, 0.25) is 0 Å². The highest BCUT2D eigenvalue weighted by Gasteiger charge is 2.14. The number of hydrogen-bond donors (Lipinski definition) is 2.